The number of carbonyl (C=O) groups excluding carboxylic acids is 1. The summed E-state index contributed by atoms with van der Waals surface area (Å²) in [5.74, 6) is 1.30. The lowest BCUT2D eigenvalue weighted by Gasteiger charge is -2.34. The van der Waals surface area contributed by atoms with Crippen LogP contribution in [0.4, 0.5) is 21.7 Å². The summed E-state index contributed by atoms with van der Waals surface area (Å²) in [6.07, 6.45) is 6.75. The van der Waals surface area contributed by atoms with Crippen molar-refractivity contribution in [2.75, 3.05) is 50.5 Å². The molecule has 0 atom stereocenters. The van der Waals surface area contributed by atoms with Crippen molar-refractivity contribution in [3.63, 3.8) is 0 Å². The maximum Gasteiger partial charge on any atom is 0.255 e. The van der Waals surface area contributed by atoms with Crippen molar-refractivity contribution in [3.05, 3.63) is 84.1 Å². The molecule has 0 radical (unpaired) electrons. The molecule has 3 aromatic heterocycles. The van der Waals surface area contributed by atoms with Crippen molar-refractivity contribution in [1.29, 1.82) is 0 Å². The van der Waals surface area contributed by atoms with Gasteiger partial charge < -0.3 is 25.3 Å². The Kier molecular flexibility index (Phi) is 8.29. The van der Waals surface area contributed by atoms with E-state index >= 15 is 0 Å². The third-order valence-electron chi connectivity index (χ3n) is 7.78. The van der Waals surface area contributed by atoms with Gasteiger partial charge in [0.05, 0.1) is 12.5 Å². The van der Waals surface area contributed by atoms with Crippen LogP contribution in [0.5, 0.6) is 5.75 Å². The summed E-state index contributed by atoms with van der Waals surface area (Å²) in [6.45, 7) is 7.27. The maximum atomic E-state index is 14.1. The molecule has 0 aliphatic carbocycles. The summed E-state index contributed by atoms with van der Waals surface area (Å²) in [4.78, 5) is 34.4. The highest BCUT2D eigenvalue weighted by atomic mass is 19.1. The minimum atomic E-state index is -0.602. The van der Waals surface area contributed by atoms with Crippen LogP contribution < -0.4 is 15.4 Å². The number of ether oxygens (including phenoxy) is 1. The first kappa shape index (κ1) is 28.3. The van der Waals surface area contributed by atoms with Crippen LogP contribution in [0, 0.1) is 0 Å². The number of aromatic nitrogens is 5. The van der Waals surface area contributed by atoms with E-state index < -0.39 is 6.67 Å². The zero-order valence-electron chi connectivity index (χ0n) is 24.2. The predicted molar refractivity (Wildman–Crippen MR) is 164 cm³/mol. The van der Waals surface area contributed by atoms with E-state index in [0.717, 1.165) is 43.7 Å². The molecule has 1 saturated heterocycles. The SMILES string of the molecule is CCN1CCN(Cc2ccc(NC(=O)c3cc(Nc4nccn4-c4ncnc5[nH]ccc45)cc(OC)c3)cc2CF)CC1. The number of hydrogen-bond acceptors (Lipinski definition) is 8. The monoisotopic (exact) mass is 583 g/mol. The Hall–Kier alpha value is -4.81. The first-order chi connectivity index (χ1) is 21.0. The van der Waals surface area contributed by atoms with Gasteiger partial charge in [0.25, 0.3) is 5.91 Å². The lowest BCUT2D eigenvalue weighted by Crippen LogP contribution is -2.45. The molecular formula is C31H34FN9O2. The summed E-state index contributed by atoms with van der Waals surface area (Å²) in [5.41, 5.74) is 3.73. The van der Waals surface area contributed by atoms with E-state index in [-0.39, 0.29) is 5.91 Å². The summed E-state index contributed by atoms with van der Waals surface area (Å²) in [7, 11) is 1.54. The Morgan fingerprint density at radius 2 is 1.84 bits per heavy atom. The number of halogens is 1. The van der Waals surface area contributed by atoms with E-state index in [1.807, 2.05) is 18.2 Å². The highest BCUT2D eigenvalue weighted by Gasteiger charge is 2.18. The molecule has 43 heavy (non-hydrogen) atoms. The van der Waals surface area contributed by atoms with E-state index in [0.29, 0.717) is 52.2 Å². The third-order valence-corrected chi connectivity index (χ3v) is 7.78. The van der Waals surface area contributed by atoms with Gasteiger partial charge in [0, 0.05) is 74.3 Å². The van der Waals surface area contributed by atoms with Crippen LogP contribution >= 0.6 is 0 Å². The molecule has 0 bridgehead atoms. The van der Waals surface area contributed by atoms with Gasteiger partial charge in [0.2, 0.25) is 5.95 Å². The highest BCUT2D eigenvalue weighted by Crippen LogP contribution is 2.27. The number of carbonyl (C=O) groups is 1. The average molecular weight is 584 g/mol. The Labute approximate surface area is 248 Å². The number of fused-ring (bicyclic) bond motifs is 1. The van der Waals surface area contributed by atoms with E-state index in [2.05, 4.69) is 47.3 Å². The van der Waals surface area contributed by atoms with E-state index in [1.165, 1.54) is 6.33 Å². The van der Waals surface area contributed by atoms with Crippen LogP contribution in [0.3, 0.4) is 0 Å². The topological polar surface area (TPSA) is 116 Å². The average Bonchev–Trinajstić information content (AvgIpc) is 3.71. The number of aromatic amines is 1. The van der Waals surface area contributed by atoms with Crippen molar-refractivity contribution in [1.82, 2.24) is 34.3 Å². The minimum Gasteiger partial charge on any atom is -0.497 e. The van der Waals surface area contributed by atoms with Crippen molar-refractivity contribution in [2.45, 2.75) is 20.1 Å². The number of anilines is 3. The summed E-state index contributed by atoms with van der Waals surface area (Å²) in [5, 5.41) is 7.03. The summed E-state index contributed by atoms with van der Waals surface area (Å²) in [6, 6.07) is 12.5. The van der Waals surface area contributed by atoms with Crippen molar-refractivity contribution < 1.29 is 13.9 Å². The third kappa shape index (κ3) is 6.20. The van der Waals surface area contributed by atoms with Gasteiger partial charge in [-0.05, 0) is 48.0 Å². The molecule has 1 aliphatic rings. The van der Waals surface area contributed by atoms with Gasteiger partial charge in [-0.15, -0.1) is 0 Å². The number of nitrogens with zero attached hydrogens (tertiary/aromatic N) is 6. The Balaban J connectivity index is 1.19. The number of imidazole rings is 1. The number of nitrogens with one attached hydrogen (secondary N) is 3. The van der Waals surface area contributed by atoms with Crippen LogP contribution in [0.2, 0.25) is 0 Å². The molecule has 1 amide bonds. The number of likely N-dealkylation sites (N-methyl/N-ethyl adjacent to an activating group) is 1. The van der Waals surface area contributed by atoms with Crippen LogP contribution in [-0.4, -0.2) is 80.0 Å². The number of hydrogen-bond donors (Lipinski definition) is 3. The number of rotatable bonds is 10. The molecule has 1 aliphatic heterocycles. The molecule has 0 spiro atoms. The zero-order valence-corrected chi connectivity index (χ0v) is 24.2. The van der Waals surface area contributed by atoms with Crippen LogP contribution in [0.25, 0.3) is 16.9 Å². The predicted octanol–water partition coefficient (Wildman–Crippen LogP) is 4.76. The van der Waals surface area contributed by atoms with Crippen LogP contribution in [0.15, 0.2) is 67.4 Å². The Morgan fingerprint density at radius 1 is 1.00 bits per heavy atom. The highest BCUT2D eigenvalue weighted by molar-refractivity contribution is 6.05. The molecule has 222 valence electrons. The van der Waals surface area contributed by atoms with E-state index in [1.54, 1.807) is 54.5 Å². The van der Waals surface area contributed by atoms with Gasteiger partial charge in [-0.3, -0.25) is 14.3 Å². The minimum absolute atomic E-state index is 0.344. The number of methoxy groups -OCH3 is 1. The summed E-state index contributed by atoms with van der Waals surface area (Å²) >= 11 is 0. The molecule has 4 heterocycles. The molecule has 3 N–H and O–H groups in total. The number of amides is 1. The van der Waals surface area contributed by atoms with E-state index in [9.17, 15) is 9.18 Å². The maximum absolute atomic E-state index is 14.1. The fourth-order valence-corrected chi connectivity index (χ4v) is 5.36. The fraction of sp³-hybridized carbons (Fsp3) is 0.290. The smallest absolute Gasteiger partial charge is 0.255 e. The first-order valence-corrected chi connectivity index (χ1v) is 14.3. The second-order valence-electron chi connectivity index (χ2n) is 10.4. The van der Waals surface area contributed by atoms with Gasteiger partial charge in [0.15, 0.2) is 5.82 Å². The molecule has 5 aromatic rings. The lowest BCUT2D eigenvalue weighted by molar-refractivity contribution is 0.102. The first-order valence-electron chi connectivity index (χ1n) is 14.3. The van der Waals surface area contributed by atoms with Gasteiger partial charge >= 0.3 is 0 Å². The summed E-state index contributed by atoms with van der Waals surface area (Å²) < 4.78 is 21.4. The number of alkyl halides is 1. The van der Waals surface area contributed by atoms with Crippen LogP contribution in [-0.2, 0) is 13.2 Å². The molecule has 11 nitrogen and oxygen atoms in total. The quantitative estimate of drug-likeness (QED) is 0.216. The van der Waals surface area contributed by atoms with Crippen molar-refractivity contribution in [2.24, 2.45) is 0 Å². The Bertz CT molecular complexity index is 1730. The number of piperazine rings is 1. The van der Waals surface area contributed by atoms with E-state index in [4.69, 9.17) is 4.74 Å². The molecular weight excluding hydrogens is 549 g/mol. The second-order valence-corrected chi connectivity index (χ2v) is 10.4. The number of H-pyrrole nitrogens is 1. The standard InChI is InChI=1S/C31H34FN9O2/c1-3-39-10-12-40(13-11-39)19-21-4-5-24(15-23(21)18-32)37-30(42)22-14-25(17-26(16-22)43-2)38-31-34-8-9-41(31)29-27-6-7-33-28(27)35-20-36-29/h4-9,14-17,20H,3,10-13,18-19H2,1-2H3,(H,34,38)(H,37,42)(H,33,35,36). The largest absolute Gasteiger partial charge is 0.497 e. The fourth-order valence-electron chi connectivity index (χ4n) is 5.36. The molecule has 1 fully saturated rings. The number of benzene rings is 2. The van der Waals surface area contributed by atoms with Crippen LogP contribution in [0.1, 0.15) is 28.4 Å². The molecule has 6 rings (SSSR count). The molecule has 12 heteroatoms. The van der Waals surface area contributed by atoms with Gasteiger partial charge in [-0.2, -0.15) is 0 Å². The van der Waals surface area contributed by atoms with Gasteiger partial charge in [-0.1, -0.05) is 13.0 Å². The van der Waals surface area contributed by atoms with Gasteiger partial charge in [-0.25, -0.2) is 19.3 Å². The molecule has 0 saturated carbocycles. The lowest BCUT2D eigenvalue weighted by atomic mass is 10.1. The van der Waals surface area contributed by atoms with Crippen molar-refractivity contribution in [3.8, 4) is 11.6 Å². The molecule has 2 aromatic carbocycles. The molecule has 0 unspecified atom stereocenters. The van der Waals surface area contributed by atoms with Gasteiger partial charge in [0.1, 0.15) is 24.4 Å². The second kappa shape index (κ2) is 12.6. The Morgan fingerprint density at radius 3 is 2.63 bits per heavy atom. The normalized spacial score (nSPS) is 14.2. The zero-order chi connectivity index (χ0) is 29.8. The van der Waals surface area contributed by atoms with Crippen molar-refractivity contribution >= 4 is 34.3 Å².